The van der Waals surface area contributed by atoms with Crippen molar-refractivity contribution < 1.29 is 13.9 Å². The highest BCUT2D eigenvalue weighted by atomic mass is 127. The second-order valence-electron chi connectivity index (χ2n) is 9.92. The van der Waals surface area contributed by atoms with Gasteiger partial charge in [0.2, 0.25) is 0 Å². The van der Waals surface area contributed by atoms with Crippen molar-refractivity contribution in [2.45, 2.75) is 90.6 Å². The van der Waals surface area contributed by atoms with Crippen molar-refractivity contribution in [2.75, 3.05) is 6.61 Å². The Balaban J connectivity index is 1.86. The smallest absolute Gasteiger partial charge is 0.312 e. The average Bonchev–Trinajstić information content (AvgIpc) is 2.70. The summed E-state index contributed by atoms with van der Waals surface area (Å²) >= 11 is 12.1. The van der Waals surface area contributed by atoms with Crippen molar-refractivity contribution in [3.8, 4) is 0 Å². The largest absolute Gasteiger partial charge is 0.465 e. The van der Waals surface area contributed by atoms with Crippen molar-refractivity contribution in [3.05, 3.63) is 35.0 Å². The van der Waals surface area contributed by atoms with E-state index < -0.39 is 5.41 Å². The first-order valence-electron chi connectivity index (χ1n) is 11.5. The number of rotatable bonds is 12. The fourth-order valence-corrected chi connectivity index (χ4v) is 7.98. The molecule has 1 heterocycles. The summed E-state index contributed by atoms with van der Waals surface area (Å²) in [5.41, 5.74) is 0.296. The molecule has 3 nitrogen and oxygen atoms in total. The van der Waals surface area contributed by atoms with Crippen LogP contribution in [0.5, 0.6) is 0 Å². The molecular weight excluding hydrogens is 678 g/mol. The lowest BCUT2D eigenvalue weighted by Crippen LogP contribution is -2.46. The van der Waals surface area contributed by atoms with E-state index >= 15 is 0 Å². The van der Waals surface area contributed by atoms with Crippen LogP contribution in [0.15, 0.2) is 39.6 Å². The Morgan fingerprint density at radius 3 is 2.45 bits per heavy atom. The highest BCUT2D eigenvalue weighted by Crippen LogP contribution is 2.47. The second-order valence-corrected chi connectivity index (χ2v) is 17.0. The van der Waals surface area contributed by atoms with E-state index in [2.05, 4.69) is 78.9 Å². The maximum Gasteiger partial charge on any atom is 0.312 e. The van der Waals surface area contributed by atoms with Crippen LogP contribution in [0.4, 0.5) is 0 Å². The van der Waals surface area contributed by atoms with Crippen LogP contribution in [-0.2, 0) is 9.53 Å². The Morgan fingerprint density at radius 1 is 1.15 bits per heavy atom. The van der Waals surface area contributed by atoms with E-state index in [9.17, 15) is 4.79 Å². The first kappa shape index (κ1) is 29.4. The molecule has 0 saturated heterocycles. The number of alkyl halides is 2. The van der Waals surface area contributed by atoms with Crippen molar-refractivity contribution in [1.82, 2.24) is 0 Å². The Bertz CT molecular complexity index is 993. The summed E-state index contributed by atoms with van der Waals surface area (Å²) in [5.74, 6) is -0.0982. The molecule has 1 aromatic carbocycles. The number of para-hydroxylation sites is 1. The van der Waals surface area contributed by atoms with Gasteiger partial charge in [0.25, 0.3) is 0 Å². The molecule has 0 radical (unpaired) electrons. The Hall–Kier alpha value is 0.130. The van der Waals surface area contributed by atoms with E-state index in [1.807, 2.05) is 49.9 Å². The minimum atomic E-state index is -0.543. The number of halogens is 2. The molecule has 0 aliphatic rings. The van der Waals surface area contributed by atoms with Gasteiger partial charge in [-0.3, -0.25) is 4.79 Å². The van der Waals surface area contributed by atoms with Crippen LogP contribution >= 0.6 is 69.2 Å². The Labute approximate surface area is 235 Å². The van der Waals surface area contributed by atoms with Crippen LogP contribution in [-0.4, -0.2) is 24.7 Å². The molecule has 0 spiro atoms. The SMILES string of the molecule is CCC(CCCCOC(=O)C(C)(C)C(C)(I)CC(C)(C)I)Sc1cc(=S)oc2ccccc12. The number of ether oxygens (including phenoxy) is 1. The lowest BCUT2D eigenvalue weighted by Gasteiger charge is -2.41. The van der Waals surface area contributed by atoms with E-state index in [1.54, 1.807) is 0 Å². The van der Waals surface area contributed by atoms with Gasteiger partial charge in [-0.05, 0) is 71.2 Å². The van der Waals surface area contributed by atoms with Crippen LogP contribution in [0, 0.1) is 10.1 Å². The molecule has 0 N–H and O–H groups in total. The Kier molecular flexibility index (Phi) is 11.0. The molecule has 0 aliphatic carbocycles. The van der Waals surface area contributed by atoms with Gasteiger partial charge in [-0.25, -0.2) is 0 Å². The van der Waals surface area contributed by atoms with Crippen molar-refractivity contribution in [2.24, 2.45) is 5.41 Å². The van der Waals surface area contributed by atoms with E-state index in [-0.39, 0.29) is 12.8 Å². The monoisotopic (exact) mass is 714 g/mol. The lowest BCUT2D eigenvalue weighted by atomic mass is 9.76. The number of fused-ring (bicyclic) bond motifs is 1. The quantitative estimate of drug-likeness (QED) is 0.0547. The zero-order chi connectivity index (χ0) is 24.9. The van der Waals surface area contributed by atoms with Crippen LogP contribution < -0.4 is 0 Å². The van der Waals surface area contributed by atoms with Gasteiger partial charge in [-0.15, -0.1) is 11.8 Å². The molecule has 7 heteroatoms. The van der Waals surface area contributed by atoms with Crippen LogP contribution in [0.2, 0.25) is 0 Å². The molecule has 2 aromatic rings. The molecule has 1 aromatic heterocycles. The van der Waals surface area contributed by atoms with Crippen LogP contribution in [0.25, 0.3) is 11.0 Å². The zero-order valence-electron chi connectivity index (χ0n) is 20.5. The summed E-state index contributed by atoms with van der Waals surface area (Å²) in [6.45, 7) is 13.3. The standard InChI is InChI=1S/C26H36I2O3S2/c1-7-18(33-21-16-22(32)31-20-14-9-8-13-19(20)21)12-10-11-15-30-23(29)25(4,5)26(6,28)17-24(2,3)27/h8-9,13-14,16,18H,7,10-12,15,17H2,1-6H3. The molecule has 0 amide bonds. The van der Waals surface area contributed by atoms with Gasteiger partial charge >= 0.3 is 5.97 Å². The normalized spacial score (nSPS) is 15.3. The lowest BCUT2D eigenvalue weighted by molar-refractivity contribution is -0.155. The molecule has 33 heavy (non-hydrogen) atoms. The fourth-order valence-electron chi connectivity index (χ4n) is 3.75. The molecule has 2 rings (SSSR count). The van der Waals surface area contributed by atoms with Gasteiger partial charge in [0.15, 0.2) is 4.71 Å². The number of hydrogen-bond acceptors (Lipinski definition) is 5. The van der Waals surface area contributed by atoms with Crippen molar-refractivity contribution >= 4 is 86.1 Å². The summed E-state index contributed by atoms with van der Waals surface area (Å²) in [7, 11) is 0. The number of carbonyl (C=O) groups excluding carboxylic acids is 1. The third kappa shape index (κ3) is 8.63. The highest BCUT2D eigenvalue weighted by molar-refractivity contribution is 14.1. The average molecular weight is 715 g/mol. The number of esters is 1. The Morgan fingerprint density at radius 2 is 1.82 bits per heavy atom. The maximum atomic E-state index is 12.9. The van der Waals surface area contributed by atoms with Gasteiger partial charge in [0, 0.05) is 28.4 Å². The first-order valence-corrected chi connectivity index (χ1v) is 15.0. The summed E-state index contributed by atoms with van der Waals surface area (Å²) < 4.78 is 11.9. The van der Waals surface area contributed by atoms with Crippen LogP contribution in [0.3, 0.4) is 0 Å². The molecule has 0 aliphatic heterocycles. The number of hydrogen-bond donors (Lipinski definition) is 0. The predicted octanol–water partition coefficient (Wildman–Crippen LogP) is 9.57. The van der Waals surface area contributed by atoms with E-state index in [4.69, 9.17) is 21.4 Å². The van der Waals surface area contributed by atoms with E-state index in [0.29, 0.717) is 16.6 Å². The fraction of sp³-hybridized carbons (Fsp3) is 0.615. The van der Waals surface area contributed by atoms with E-state index in [1.165, 1.54) is 4.90 Å². The zero-order valence-corrected chi connectivity index (χ0v) is 26.5. The predicted molar refractivity (Wildman–Crippen MR) is 161 cm³/mol. The first-order chi connectivity index (χ1) is 15.3. The maximum absolute atomic E-state index is 12.9. The topological polar surface area (TPSA) is 39.4 Å². The van der Waals surface area contributed by atoms with Crippen LogP contribution in [0.1, 0.15) is 73.6 Å². The molecule has 2 atom stereocenters. The van der Waals surface area contributed by atoms with Gasteiger partial charge < -0.3 is 9.15 Å². The van der Waals surface area contributed by atoms with Crippen molar-refractivity contribution in [3.63, 3.8) is 0 Å². The van der Waals surface area contributed by atoms with Gasteiger partial charge in [-0.1, -0.05) is 84.2 Å². The third-order valence-corrected chi connectivity index (χ3v) is 9.89. The van der Waals surface area contributed by atoms with Gasteiger partial charge in [0.1, 0.15) is 5.58 Å². The molecule has 184 valence electrons. The highest BCUT2D eigenvalue weighted by Gasteiger charge is 2.48. The summed E-state index contributed by atoms with van der Waals surface area (Å²) in [5, 5.41) is 1.60. The number of thioether (sulfide) groups is 1. The minimum Gasteiger partial charge on any atom is -0.465 e. The number of unbranched alkanes of at least 4 members (excludes halogenated alkanes) is 1. The van der Waals surface area contributed by atoms with E-state index in [0.717, 1.165) is 43.1 Å². The molecule has 0 bridgehead atoms. The van der Waals surface area contributed by atoms with Gasteiger partial charge in [-0.2, -0.15) is 0 Å². The molecular formula is C26H36I2O3S2. The summed E-state index contributed by atoms with van der Waals surface area (Å²) in [6, 6.07) is 10.0. The van der Waals surface area contributed by atoms with Crippen molar-refractivity contribution in [1.29, 1.82) is 0 Å². The third-order valence-electron chi connectivity index (χ3n) is 6.08. The molecule has 0 fully saturated rings. The summed E-state index contributed by atoms with van der Waals surface area (Å²) in [4.78, 5) is 14.1. The minimum absolute atomic E-state index is 0.0982. The second kappa shape index (κ2) is 12.4. The summed E-state index contributed by atoms with van der Waals surface area (Å²) in [6.07, 6.45) is 4.99. The number of carbonyl (C=O) groups is 1. The molecule has 0 saturated carbocycles. The van der Waals surface area contributed by atoms with Gasteiger partial charge in [0.05, 0.1) is 12.0 Å². The molecule has 2 unspecified atom stereocenters. The number of benzene rings is 1.